The molecule has 2 N–H and O–H groups in total. The molecule has 0 aliphatic rings. The minimum absolute atomic E-state index is 0.000964. The molecular formula is C14H14N4O3. The highest BCUT2D eigenvalue weighted by molar-refractivity contribution is 5.92. The van der Waals surface area contributed by atoms with Gasteiger partial charge in [-0.2, -0.15) is 0 Å². The van der Waals surface area contributed by atoms with Crippen molar-refractivity contribution in [3.63, 3.8) is 0 Å². The Hall–Kier alpha value is -2.96. The first-order valence-electron chi connectivity index (χ1n) is 6.17. The molecule has 1 heterocycles. The van der Waals surface area contributed by atoms with Gasteiger partial charge in [0.1, 0.15) is 5.69 Å². The number of aromatic nitrogens is 1. The van der Waals surface area contributed by atoms with Gasteiger partial charge < -0.3 is 10.6 Å². The van der Waals surface area contributed by atoms with E-state index in [4.69, 9.17) is 5.73 Å². The molecule has 1 aromatic heterocycles. The van der Waals surface area contributed by atoms with E-state index >= 15 is 0 Å². The lowest BCUT2D eigenvalue weighted by Gasteiger charge is -2.16. The SMILES string of the molecule is CN(Cc1cccc([N+](=O)[O-])c1)C(=O)c1ccc(N)cn1. The molecule has 0 aliphatic heterocycles. The quantitative estimate of drug-likeness (QED) is 0.682. The summed E-state index contributed by atoms with van der Waals surface area (Å²) in [6, 6.07) is 9.32. The number of pyridine rings is 1. The number of nitro benzene ring substituents is 1. The van der Waals surface area contributed by atoms with E-state index in [-0.39, 0.29) is 23.8 Å². The standard InChI is InChI=1S/C14H14N4O3/c1-17(14(19)13-6-5-11(15)8-16-13)9-10-3-2-4-12(7-10)18(20)21/h2-8H,9,15H2,1H3. The number of hydrogen-bond donors (Lipinski definition) is 1. The van der Waals surface area contributed by atoms with Crippen LogP contribution in [0.2, 0.25) is 0 Å². The maximum absolute atomic E-state index is 12.2. The highest BCUT2D eigenvalue weighted by atomic mass is 16.6. The zero-order chi connectivity index (χ0) is 15.4. The van der Waals surface area contributed by atoms with Gasteiger partial charge in [-0.3, -0.25) is 14.9 Å². The number of carbonyl (C=O) groups excluding carboxylic acids is 1. The molecule has 7 heteroatoms. The van der Waals surface area contributed by atoms with Crippen molar-refractivity contribution < 1.29 is 9.72 Å². The third-order valence-electron chi connectivity index (χ3n) is 2.89. The Labute approximate surface area is 121 Å². The Morgan fingerprint density at radius 1 is 1.38 bits per heavy atom. The summed E-state index contributed by atoms with van der Waals surface area (Å²) in [6.07, 6.45) is 1.41. The van der Waals surface area contributed by atoms with Crippen molar-refractivity contribution in [2.24, 2.45) is 0 Å². The Morgan fingerprint density at radius 3 is 2.76 bits per heavy atom. The predicted molar refractivity (Wildman–Crippen MR) is 77.5 cm³/mol. The van der Waals surface area contributed by atoms with Crippen LogP contribution in [0.1, 0.15) is 16.1 Å². The zero-order valence-corrected chi connectivity index (χ0v) is 11.4. The third-order valence-corrected chi connectivity index (χ3v) is 2.89. The zero-order valence-electron chi connectivity index (χ0n) is 11.4. The third kappa shape index (κ3) is 3.53. The molecular weight excluding hydrogens is 272 g/mol. The number of nitrogens with zero attached hydrogens (tertiary/aromatic N) is 3. The first-order chi connectivity index (χ1) is 9.97. The minimum Gasteiger partial charge on any atom is -0.397 e. The summed E-state index contributed by atoms with van der Waals surface area (Å²) in [5.74, 6) is -0.276. The first-order valence-corrected chi connectivity index (χ1v) is 6.17. The van der Waals surface area contributed by atoms with Crippen LogP contribution in [0.3, 0.4) is 0 Å². The van der Waals surface area contributed by atoms with Crippen LogP contribution in [0.15, 0.2) is 42.6 Å². The fourth-order valence-electron chi connectivity index (χ4n) is 1.84. The van der Waals surface area contributed by atoms with Crippen LogP contribution in [0.4, 0.5) is 11.4 Å². The van der Waals surface area contributed by atoms with Crippen LogP contribution < -0.4 is 5.73 Å². The molecule has 1 aromatic carbocycles. The number of nitrogens with two attached hydrogens (primary N) is 1. The van der Waals surface area contributed by atoms with Crippen LogP contribution in [0.5, 0.6) is 0 Å². The van der Waals surface area contributed by atoms with Gasteiger partial charge in [-0.05, 0) is 17.7 Å². The fourth-order valence-corrected chi connectivity index (χ4v) is 1.84. The molecule has 7 nitrogen and oxygen atoms in total. The number of rotatable bonds is 4. The van der Waals surface area contributed by atoms with Crippen LogP contribution in [0, 0.1) is 10.1 Å². The van der Waals surface area contributed by atoms with Crippen molar-refractivity contribution in [2.75, 3.05) is 12.8 Å². The van der Waals surface area contributed by atoms with Gasteiger partial charge in [-0.15, -0.1) is 0 Å². The summed E-state index contributed by atoms with van der Waals surface area (Å²) in [4.78, 5) is 27.8. The molecule has 108 valence electrons. The monoisotopic (exact) mass is 286 g/mol. The highest BCUT2D eigenvalue weighted by Crippen LogP contribution is 2.15. The lowest BCUT2D eigenvalue weighted by molar-refractivity contribution is -0.384. The van der Waals surface area contributed by atoms with Gasteiger partial charge in [-0.1, -0.05) is 12.1 Å². The molecule has 0 aliphatic carbocycles. The largest absolute Gasteiger partial charge is 0.397 e. The number of non-ortho nitro benzene ring substituents is 1. The van der Waals surface area contributed by atoms with E-state index in [1.807, 2.05) is 0 Å². The molecule has 0 atom stereocenters. The number of anilines is 1. The van der Waals surface area contributed by atoms with E-state index < -0.39 is 4.92 Å². The Bertz CT molecular complexity index is 670. The summed E-state index contributed by atoms with van der Waals surface area (Å²) in [7, 11) is 1.61. The smallest absolute Gasteiger partial charge is 0.272 e. The first kappa shape index (κ1) is 14.4. The van der Waals surface area contributed by atoms with Crippen molar-refractivity contribution in [1.29, 1.82) is 0 Å². The molecule has 0 saturated heterocycles. The van der Waals surface area contributed by atoms with Gasteiger partial charge in [0.25, 0.3) is 11.6 Å². The van der Waals surface area contributed by atoms with E-state index in [0.29, 0.717) is 11.3 Å². The number of nitro groups is 1. The van der Waals surface area contributed by atoms with E-state index in [1.54, 1.807) is 31.3 Å². The number of amides is 1. The molecule has 0 unspecified atom stereocenters. The average molecular weight is 286 g/mol. The van der Waals surface area contributed by atoms with Crippen molar-refractivity contribution in [2.45, 2.75) is 6.54 Å². The second-order valence-corrected chi connectivity index (χ2v) is 4.56. The molecule has 2 rings (SSSR count). The summed E-state index contributed by atoms with van der Waals surface area (Å²) in [5, 5.41) is 10.7. The molecule has 0 radical (unpaired) electrons. The Balaban J connectivity index is 2.12. The van der Waals surface area contributed by atoms with Gasteiger partial charge in [0, 0.05) is 25.7 Å². The maximum atomic E-state index is 12.2. The Kier molecular flexibility index (Phi) is 4.13. The van der Waals surface area contributed by atoms with Gasteiger partial charge in [0.15, 0.2) is 0 Å². The average Bonchev–Trinajstić information content (AvgIpc) is 2.47. The van der Waals surface area contributed by atoms with E-state index in [9.17, 15) is 14.9 Å². The summed E-state index contributed by atoms with van der Waals surface area (Å²) < 4.78 is 0. The van der Waals surface area contributed by atoms with Crippen molar-refractivity contribution in [3.8, 4) is 0 Å². The molecule has 0 spiro atoms. The van der Waals surface area contributed by atoms with Crippen molar-refractivity contribution in [3.05, 3.63) is 64.0 Å². The fraction of sp³-hybridized carbons (Fsp3) is 0.143. The van der Waals surface area contributed by atoms with Crippen LogP contribution >= 0.6 is 0 Å². The predicted octanol–water partition coefficient (Wildman–Crippen LogP) is 1.84. The number of benzene rings is 1. The summed E-state index contributed by atoms with van der Waals surface area (Å²) in [6.45, 7) is 0.257. The van der Waals surface area contributed by atoms with Crippen LogP contribution in [-0.4, -0.2) is 27.8 Å². The van der Waals surface area contributed by atoms with Crippen LogP contribution in [0.25, 0.3) is 0 Å². The van der Waals surface area contributed by atoms with Gasteiger partial charge >= 0.3 is 0 Å². The molecule has 21 heavy (non-hydrogen) atoms. The second kappa shape index (κ2) is 6.00. The Morgan fingerprint density at radius 2 is 2.14 bits per heavy atom. The van der Waals surface area contributed by atoms with Gasteiger partial charge in [-0.25, -0.2) is 4.98 Å². The molecule has 2 aromatic rings. The summed E-state index contributed by atoms with van der Waals surface area (Å²) in [5.41, 5.74) is 6.95. The van der Waals surface area contributed by atoms with Crippen molar-refractivity contribution in [1.82, 2.24) is 9.88 Å². The van der Waals surface area contributed by atoms with Gasteiger partial charge in [0.2, 0.25) is 0 Å². The van der Waals surface area contributed by atoms with Gasteiger partial charge in [0.05, 0.1) is 16.8 Å². The molecule has 0 bridgehead atoms. The van der Waals surface area contributed by atoms with E-state index in [1.165, 1.54) is 23.2 Å². The van der Waals surface area contributed by atoms with Crippen LogP contribution in [-0.2, 0) is 6.54 Å². The van der Waals surface area contributed by atoms with Crippen molar-refractivity contribution >= 4 is 17.3 Å². The molecule has 0 fully saturated rings. The lowest BCUT2D eigenvalue weighted by atomic mass is 10.2. The number of carbonyl (C=O) groups is 1. The van der Waals surface area contributed by atoms with E-state index in [0.717, 1.165) is 0 Å². The molecule has 0 saturated carbocycles. The second-order valence-electron chi connectivity index (χ2n) is 4.56. The summed E-state index contributed by atoms with van der Waals surface area (Å²) >= 11 is 0. The minimum atomic E-state index is -0.465. The highest BCUT2D eigenvalue weighted by Gasteiger charge is 2.14. The maximum Gasteiger partial charge on any atom is 0.272 e. The molecule has 1 amide bonds. The topological polar surface area (TPSA) is 102 Å². The lowest BCUT2D eigenvalue weighted by Crippen LogP contribution is -2.27. The number of hydrogen-bond acceptors (Lipinski definition) is 5. The normalized spacial score (nSPS) is 10.1. The van der Waals surface area contributed by atoms with E-state index in [2.05, 4.69) is 4.98 Å². The number of nitrogen functional groups attached to an aromatic ring is 1.